The van der Waals surface area contributed by atoms with Crippen LogP contribution in [0.4, 0.5) is 0 Å². The summed E-state index contributed by atoms with van der Waals surface area (Å²) >= 11 is 0. The maximum absolute atomic E-state index is 2.58. The first-order valence-electron chi connectivity index (χ1n) is 34.3. The van der Waals surface area contributed by atoms with Crippen molar-refractivity contribution in [3.05, 3.63) is 397 Å². The van der Waals surface area contributed by atoms with Crippen molar-refractivity contribution in [3.8, 4) is 39.3 Å². The summed E-state index contributed by atoms with van der Waals surface area (Å²) in [5.41, 5.74) is 29.6. The van der Waals surface area contributed by atoms with Gasteiger partial charge in [-0.2, -0.15) is 0 Å². The van der Waals surface area contributed by atoms with Crippen LogP contribution in [0.25, 0.3) is 165 Å². The van der Waals surface area contributed by atoms with E-state index in [1.807, 2.05) is 0 Å². The number of benzene rings is 16. The quantitative estimate of drug-likeness (QED) is 0.137. The molecule has 0 fully saturated rings. The standard InChI is InChI=1S/C96H59N3/c1-4-28-69-60(22-1)25-19-37-78(69)92-83-58-81(63-46-52-66(53-47-63)97-85-40-13-7-31-72(85)73-32-8-14-41-86(73)97)82(64-48-54-67(55-49-64)98-87-42-15-9-33-74(87)75-34-10-16-43-88(75)98)59-84(83)95-91(65-50-56-68(57-51-65)99-89-44-17-11-35-76(89)77-36-12-18-45-90(77)99)93(79-38-20-26-61-23-2-5-29-70(61)79)94(96(92)95)80-39-21-27-62-24-3-6-30-71(62)80/h1-59H. The Balaban J connectivity index is 0.883. The Hall–Kier alpha value is -13.1. The normalized spacial score (nSPS) is 13.1. The molecule has 3 heteroatoms. The van der Waals surface area contributed by atoms with Crippen LogP contribution in [-0.2, 0) is 0 Å². The number of nitrogens with zero attached hydrogens (tertiary/aromatic N) is 3. The van der Waals surface area contributed by atoms with E-state index < -0.39 is 0 Å². The molecule has 458 valence electrons. The highest BCUT2D eigenvalue weighted by molar-refractivity contribution is 6.42. The van der Waals surface area contributed by atoms with Gasteiger partial charge in [0.15, 0.2) is 0 Å². The third-order valence-electron chi connectivity index (χ3n) is 21.4. The van der Waals surface area contributed by atoms with Gasteiger partial charge in [-0.1, -0.05) is 273 Å². The maximum Gasteiger partial charge on any atom is 0.0541 e. The Bertz CT molecular complexity index is 6560. The van der Waals surface area contributed by atoms with Gasteiger partial charge in [0, 0.05) is 49.4 Å². The van der Waals surface area contributed by atoms with Gasteiger partial charge in [0.25, 0.3) is 0 Å². The highest BCUT2D eigenvalue weighted by atomic mass is 15.0. The number of allylic oxidation sites excluding steroid dienone is 5. The predicted molar refractivity (Wildman–Crippen MR) is 418 cm³/mol. The lowest BCUT2D eigenvalue weighted by Gasteiger charge is -2.21. The smallest absolute Gasteiger partial charge is 0.0541 e. The van der Waals surface area contributed by atoms with Crippen molar-refractivity contribution in [2.24, 2.45) is 0 Å². The lowest BCUT2D eigenvalue weighted by molar-refractivity contribution is 1.18. The van der Waals surface area contributed by atoms with Crippen LogP contribution in [0.5, 0.6) is 0 Å². The van der Waals surface area contributed by atoms with E-state index in [2.05, 4.69) is 372 Å². The zero-order valence-corrected chi connectivity index (χ0v) is 53.9. The molecule has 2 aliphatic carbocycles. The fraction of sp³-hybridized carbons (Fsp3) is 0. The number of rotatable bonds is 9. The number of fused-ring (bicyclic) bond motifs is 15. The highest BCUT2D eigenvalue weighted by Crippen LogP contribution is 2.64. The van der Waals surface area contributed by atoms with Crippen LogP contribution in [0.1, 0.15) is 33.4 Å². The summed E-state index contributed by atoms with van der Waals surface area (Å²) in [4.78, 5) is 0. The average Bonchev–Trinajstić information content (AvgIpc) is 1.53. The second kappa shape index (κ2) is 21.7. The third-order valence-corrected chi connectivity index (χ3v) is 21.4. The van der Waals surface area contributed by atoms with Gasteiger partial charge in [0.2, 0.25) is 0 Å². The molecule has 0 amide bonds. The molecule has 0 spiro atoms. The van der Waals surface area contributed by atoms with Gasteiger partial charge in [-0.3, -0.25) is 0 Å². The minimum absolute atomic E-state index is 1.11. The van der Waals surface area contributed by atoms with E-state index in [0.717, 1.165) is 44.9 Å². The molecule has 21 rings (SSSR count). The van der Waals surface area contributed by atoms with E-state index in [1.165, 1.54) is 159 Å². The number of hydrogen-bond donors (Lipinski definition) is 0. The molecule has 0 aliphatic heterocycles. The average molecular weight is 1250 g/mol. The van der Waals surface area contributed by atoms with Crippen molar-refractivity contribution in [2.45, 2.75) is 0 Å². The van der Waals surface area contributed by atoms with E-state index in [0.29, 0.717) is 0 Å². The Kier molecular flexibility index (Phi) is 12.1. The van der Waals surface area contributed by atoms with Crippen LogP contribution in [0.15, 0.2) is 363 Å². The molecule has 0 atom stereocenters. The number of aromatic nitrogens is 3. The van der Waals surface area contributed by atoms with Gasteiger partial charge in [0.05, 0.1) is 33.1 Å². The summed E-state index contributed by atoms with van der Waals surface area (Å²) in [6.45, 7) is 0. The van der Waals surface area contributed by atoms with E-state index in [1.54, 1.807) is 0 Å². The van der Waals surface area contributed by atoms with Gasteiger partial charge in [-0.05, 0) is 206 Å². The Morgan fingerprint density at radius 1 is 0.141 bits per heavy atom. The monoisotopic (exact) mass is 1250 g/mol. The van der Waals surface area contributed by atoms with E-state index in [4.69, 9.17) is 0 Å². The summed E-state index contributed by atoms with van der Waals surface area (Å²) in [7, 11) is 0. The number of hydrogen-bond acceptors (Lipinski definition) is 0. The molecule has 19 aromatic rings. The maximum atomic E-state index is 2.58. The fourth-order valence-electron chi connectivity index (χ4n) is 17.2. The molecule has 3 heterocycles. The highest BCUT2D eigenvalue weighted by Gasteiger charge is 2.42. The molecule has 0 bridgehead atoms. The molecule has 16 aromatic carbocycles. The van der Waals surface area contributed by atoms with Gasteiger partial charge in [0.1, 0.15) is 0 Å². The van der Waals surface area contributed by atoms with Crippen LogP contribution in [0.3, 0.4) is 0 Å². The summed E-state index contributed by atoms with van der Waals surface area (Å²) in [5, 5.41) is 14.7. The second-order valence-electron chi connectivity index (χ2n) is 26.5. The number of para-hydroxylation sites is 6. The first-order valence-corrected chi connectivity index (χ1v) is 34.3. The second-order valence-corrected chi connectivity index (χ2v) is 26.5. The summed E-state index contributed by atoms with van der Waals surface area (Å²) in [6, 6.07) is 134. The molecular formula is C96H59N3. The van der Waals surface area contributed by atoms with Gasteiger partial charge in [-0.15, -0.1) is 0 Å². The van der Waals surface area contributed by atoms with Gasteiger partial charge < -0.3 is 13.7 Å². The SMILES string of the molecule is c1ccc2c(C3=C(c4cccc5ccccc45)C(c4ccc(-n5c6ccccc6c6ccccc65)cc4)=C4C3=C(c3cccc5ccccc35)c3cc(-c5ccc(-n6c7ccccc7c7ccccc76)cc5)c(-c5ccc(-n6c7ccccc7c7ccccc76)cc5)cc34)cccc2c1. The minimum atomic E-state index is 1.11. The first-order chi connectivity index (χ1) is 49.2. The van der Waals surface area contributed by atoms with Crippen molar-refractivity contribution in [2.75, 3.05) is 0 Å². The van der Waals surface area contributed by atoms with Crippen molar-refractivity contribution >= 4 is 126 Å². The molecule has 0 N–H and O–H groups in total. The van der Waals surface area contributed by atoms with Gasteiger partial charge >= 0.3 is 0 Å². The molecular weight excluding hydrogens is 1200 g/mol. The minimum Gasteiger partial charge on any atom is -0.309 e. The van der Waals surface area contributed by atoms with Crippen LogP contribution in [0, 0.1) is 0 Å². The fourth-order valence-corrected chi connectivity index (χ4v) is 17.2. The largest absolute Gasteiger partial charge is 0.309 e. The summed E-state index contributed by atoms with van der Waals surface area (Å²) < 4.78 is 7.29. The van der Waals surface area contributed by atoms with Crippen LogP contribution in [-0.4, -0.2) is 13.7 Å². The molecule has 0 unspecified atom stereocenters. The zero-order valence-electron chi connectivity index (χ0n) is 53.9. The van der Waals surface area contributed by atoms with E-state index in [-0.39, 0.29) is 0 Å². The van der Waals surface area contributed by atoms with Crippen LogP contribution in [0.2, 0.25) is 0 Å². The predicted octanol–water partition coefficient (Wildman–Crippen LogP) is 25.1. The lowest BCUT2D eigenvalue weighted by Crippen LogP contribution is -1.99. The van der Waals surface area contributed by atoms with Crippen LogP contribution >= 0.6 is 0 Å². The Labute approximate surface area is 571 Å². The zero-order chi connectivity index (χ0) is 64.8. The molecule has 3 aromatic heterocycles. The van der Waals surface area contributed by atoms with Crippen molar-refractivity contribution in [1.82, 2.24) is 13.7 Å². The van der Waals surface area contributed by atoms with E-state index in [9.17, 15) is 0 Å². The van der Waals surface area contributed by atoms with Crippen molar-refractivity contribution in [3.63, 3.8) is 0 Å². The Morgan fingerprint density at radius 3 is 0.717 bits per heavy atom. The van der Waals surface area contributed by atoms with Crippen LogP contribution < -0.4 is 0 Å². The topological polar surface area (TPSA) is 14.8 Å². The molecule has 0 saturated carbocycles. The molecule has 0 radical (unpaired) electrons. The molecule has 2 aliphatic rings. The van der Waals surface area contributed by atoms with Crippen molar-refractivity contribution in [1.29, 1.82) is 0 Å². The van der Waals surface area contributed by atoms with Crippen molar-refractivity contribution < 1.29 is 0 Å². The molecule has 99 heavy (non-hydrogen) atoms. The van der Waals surface area contributed by atoms with E-state index >= 15 is 0 Å². The lowest BCUT2D eigenvalue weighted by atomic mass is 9.82. The summed E-state index contributed by atoms with van der Waals surface area (Å²) in [5.74, 6) is 0. The first kappa shape index (κ1) is 55.2. The Morgan fingerprint density at radius 2 is 0.384 bits per heavy atom. The summed E-state index contributed by atoms with van der Waals surface area (Å²) in [6.07, 6.45) is 0. The third kappa shape index (κ3) is 8.26. The molecule has 0 saturated heterocycles. The van der Waals surface area contributed by atoms with Gasteiger partial charge in [-0.25, -0.2) is 0 Å². The molecule has 3 nitrogen and oxygen atoms in total.